The first kappa shape index (κ1) is 18.1. The van der Waals surface area contributed by atoms with E-state index >= 15 is 0 Å². The van der Waals surface area contributed by atoms with Crippen LogP contribution >= 0.6 is 11.9 Å². The van der Waals surface area contributed by atoms with Gasteiger partial charge in [-0.05, 0) is 55.5 Å². The summed E-state index contributed by atoms with van der Waals surface area (Å²) in [6, 6.07) is 8.90. The second kappa shape index (κ2) is 8.19. The fourth-order valence-corrected chi connectivity index (χ4v) is 5.05. The lowest BCUT2D eigenvalue weighted by Gasteiger charge is -2.39. The van der Waals surface area contributed by atoms with Gasteiger partial charge in [0.1, 0.15) is 5.75 Å². The molecule has 0 unspecified atom stereocenters. The number of rotatable bonds is 5. The maximum atomic E-state index is 12.8. The van der Waals surface area contributed by atoms with Crippen LogP contribution in [0.1, 0.15) is 25.7 Å². The molecular weight excluding hydrogens is 346 g/mol. The molecule has 4 rings (SSSR count). The van der Waals surface area contributed by atoms with Crippen molar-refractivity contribution >= 4 is 17.9 Å². The van der Waals surface area contributed by atoms with Crippen LogP contribution in [0.3, 0.4) is 0 Å². The molecule has 1 aliphatic carbocycles. The van der Waals surface area contributed by atoms with Gasteiger partial charge in [-0.25, -0.2) is 4.31 Å². The first-order chi connectivity index (χ1) is 12.7. The predicted molar refractivity (Wildman–Crippen MR) is 104 cm³/mol. The minimum Gasteiger partial charge on any atom is -0.497 e. The number of carbonyl (C=O) groups excluding carboxylic acids is 1. The summed E-state index contributed by atoms with van der Waals surface area (Å²) in [6.07, 6.45) is 5.22. The van der Waals surface area contributed by atoms with Crippen LogP contribution in [-0.4, -0.2) is 72.4 Å². The number of hydrogen-bond acceptors (Lipinski definition) is 5. The van der Waals surface area contributed by atoms with Crippen molar-refractivity contribution < 1.29 is 9.53 Å². The molecule has 3 aliphatic rings. The maximum absolute atomic E-state index is 12.8. The lowest BCUT2D eigenvalue weighted by molar-refractivity contribution is -0.138. The van der Waals surface area contributed by atoms with Crippen LogP contribution in [0.5, 0.6) is 5.75 Å². The van der Waals surface area contributed by atoms with Gasteiger partial charge >= 0.3 is 0 Å². The lowest BCUT2D eigenvalue weighted by atomic mass is 9.91. The van der Waals surface area contributed by atoms with E-state index in [1.165, 1.54) is 30.7 Å². The number of amides is 1. The van der Waals surface area contributed by atoms with Gasteiger partial charge in [-0.1, -0.05) is 6.42 Å². The van der Waals surface area contributed by atoms with Gasteiger partial charge in [-0.3, -0.25) is 9.69 Å². The second-order valence-electron chi connectivity index (χ2n) is 7.61. The van der Waals surface area contributed by atoms with E-state index in [0.29, 0.717) is 5.91 Å². The molecular formula is C20H29N3O2S. The Bertz CT molecular complexity index is 614. The Kier molecular flexibility index (Phi) is 5.72. The molecule has 1 aromatic rings. The van der Waals surface area contributed by atoms with Crippen LogP contribution in [0.15, 0.2) is 29.2 Å². The fraction of sp³-hybridized carbons (Fsp3) is 0.650. The normalized spacial score (nSPS) is 23.2. The third kappa shape index (κ3) is 4.02. The van der Waals surface area contributed by atoms with E-state index in [9.17, 15) is 4.79 Å². The summed E-state index contributed by atoms with van der Waals surface area (Å²) in [5.41, 5.74) is 0. The highest BCUT2D eigenvalue weighted by Crippen LogP contribution is 2.32. The quantitative estimate of drug-likeness (QED) is 0.740. The maximum Gasteiger partial charge on any atom is 0.228 e. The van der Waals surface area contributed by atoms with Crippen LogP contribution < -0.4 is 4.74 Å². The van der Waals surface area contributed by atoms with Gasteiger partial charge < -0.3 is 9.64 Å². The van der Waals surface area contributed by atoms with Crippen molar-refractivity contribution in [2.45, 2.75) is 36.6 Å². The highest BCUT2D eigenvalue weighted by Gasteiger charge is 2.37. The molecule has 2 aliphatic heterocycles. The van der Waals surface area contributed by atoms with Gasteiger partial charge in [0.25, 0.3) is 0 Å². The topological polar surface area (TPSA) is 36.0 Å². The van der Waals surface area contributed by atoms with Gasteiger partial charge in [-0.2, -0.15) is 0 Å². The molecule has 0 aromatic heterocycles. The van der Waals surface area contributed by atoms with Gasteiger partial charge in [0.15, 0.2) is 0 Å². The average molecular weight is 376 g/mol. The summed E-state index contributed by atoms with van der Waals surface area (Å²) in [6.45, 7) is 5.80. The highest BCUT2D eigenvalue weighted by molar-refractivity contribution is 7.97. The molecule has 0 bridgehead atoms. The van der Waals surface area contributed by atoms with E-state index in [-0.39, 0.29) is 5.92 Å². The van der Waals surface area contributed by atoms with Gasteiger partial charge in [0.05, 0.1) is 13.0 Å². The Morgan fingerprint density at radius 3 is 2.46 bits per heavy atom. The standard InChI is InChI=1S/C20H29N3O2S/c1-25-18-6-8-19(9-7-18)26-23-14-16(15-23)20(24)22-11-3-10-21(12-13-22)17-4-2-5-17/h6-9,16-17H,2-5,10-15H2,1H3. The van der Waals surface area contributed by atoms with Gasteiger partial charge in [0, 0.05) is 50.2 Å². The van der Waals surface area contributed by atoms with Gasteiger partial charge in [0.2, 0.25) is 5.91 Å². The van der Waals surface area contributed by atoms with Crippen molar-refractivity contribution in [1.82, 2.24) is 14.1 Å². The number of hydrogen-bond donors (Lipinski definition) is 0. The number of nitrogens with zero attached hydrogens (tertiary/aromatic N) is 3. The van der Waals surface area contributed by atoms with Crippen LogP contribution in [0.4, 0.5) is 0 Å². The summed E-state index contributed by atoms with van der Waals surface area (Å²) in [4.78, 5) is 18.8. The fourth-order valence-electron chi connectivity index (χ4n) is 3.99. The minimum absolute atomic E-state index is 0.177. The SMILES string of the molecule is COc1ccc(SN2CC(C(=O)N3CCCN(C4CCC4)CC3)C2)cc1. The van der Waals surface area contributed by atoms with E-state index < -0.39 is 0 Å². The van der Waals surface area contributed by atoms with Crippen LogP contribution in [0.2, 0.25) is 0 Å². The number of methoxy groups -OCH3 is 1. The molecule has 26 heavy (non-hydrogen) atoms. The molecule has 5 nitrogen and oxygen atoms in total. The van der Waals surface area contributed by atoms with Gasteiger partial charge in [-0.15, -0.1) is 0 Å². The zero-order chi connectivity index (χ0) is 17.9. The Hall–Kier alpha value is -1.24. The lowest BCUT2D eigenvalue weighted by Crippen LogP contribution is -2.52. The molecule has 3 fully saturated rings. The van der Waals surface area contributed by atoms with E-state index in [2.05, 4.69) is 26.2 Å². The van der Waals surface area contributed by atoms with Crippen molar-refractivity contribution in [1.29, 1.82) is 0 Å². The van der Waals surface area contributed by atoms with E-state index in [1.54, 1.807) is 19.1 Å². The van der Waals surface area contributed by atoms with Crippen LogP contribution in [0.25, 0.3) is 0 Å². The second-order valence-corrected chi connectivity index (χ2v) is 8.78. The van der Waals surface area contributed by atoms with Crippen molar-refractivity contribution in [3.8, 4) is 5.75 Å². The van der Waals surface area contributed by atoms with Crippen molar-refractivity contribution in [3.05, 3.63) is 24.3 Å². The summed E-state index contributed by atoms with van der Waals surface area (Å²) in [7, 11) is 1.68. The molecule has 2 heterocycles. The molecule has 142 valence electrons. The van der Waals surface area contributed by atoms with Crippen molar-refractivity contribution in [2.75, 3.05) is 46.4 Å². The zero-order valence-electron chi connectivity index (χ0n) is 15.6. The largest absolute Gasteiger partial charge is 0.497 e. The molecule has 0 N–H and O–H groups in total. The third-order valence-corrected chi connectivity index (χ3v) is 6.96. The molecule has 6 heteroatoms. The average Bonchev–Trinajstić information content (AvgIpc) is 2.82. The first-order valence-corrected chi connectivity index (χ1v) is 10.6. The minimum atomic E-state index is 0.177. The van der Waals surface area contributed by atoms with Crippen molar-refractivity contribution in [2.24, 2.45) is 5.92 Å². The number of benzene rings is 1. The Balaban J connectivity index is 1.22. The Morgan fingerprint density at radius 2 is 1.81 bits per heavy atom. The Labute approximate surface area is 160 Å². The highest BCUT2D eigenvalue weighted by atomic mass is 32.2. The van der Waals surface area contributed by atoms with Crippen molar-refractivity contribution in [3.63, 3.8) is 0 Å². The van der Waals surface area contributed by atoms with Crippen LogP contribution in [0, 0.1) is 5.92 Å². The first-order valence-electron chi connectivity index (χ1n) is 9.83. The Morgan fingerprint density at radius 1 is 1.04 bits per heavy atom. The molecule has 1 saturated carbocycles. The van der Waals surface area contributed by atoms with E-state index in [1.807, 2.05) is 12.1 Å². The predicted octanol–water partition coefficient (Wildman–Crippen LogP) is 2.72. The summed E-state index contributed by atoms with van der Waals surface area (Å²) in [5, 5.41) is 0. The molecule has 1 aromatic carbocycles. The van der Waals surface area contributed by atoms with E-state index in [0.717, 1.165) is 50.9 Å². The summed E-state index contributed by atoms with van der Waals surface area (Å²) < 4.78 is 7.48. The molecule has 0 atom stereocenters. The molecule has 1 amide bonds. The number of ether oxygens (including phenoxy) is 1. The third-order valence-electron chi connectivity index (χ3n) is 5.92. The smallest absolute Gasteiger partial charge is 0.228 e. The molecule has 2 saturated heterocycles. The summed E-state index contributed by atoms with van der Waals surface area (Å²) in [5.74, 6) is 1.42. The number of carbonyl (C=O) groups is 1. The summed E-state index contributed by atoms with van der Waals surface area (Å²) >= 11 is 1.74. The monoisotopic (exact) mass is 375 g/mol. The van der Waals surface area contributed by atoms with E-state index in [4.69, 9.17) is 4.74 Å². The van der Waals surface area contributed by atoms with Crippen LogP contribution in [-0.2, 0) is 4.79 Å². The molecule has 0 radical (unpaired) electrons. The zero-order valence-corrected chi connectivity index (χ0v) is 16.4. The molecule has 0 spiro atoms.